The van der Waals surface area contributed by atoms with Crippen LogP contribution in [-0.4, -0.2) is 55.2 Å². The van der Waals surface area contributed by atoms with Gasteiger partial charge in [-0.2, -0.15) is 23.4 Å². The number of ether oxygens (including phenoxy) is 3. The number of nitrogens with two attached hydrogens (primary N) is 1. The number of aromatic hydroxyl groups is 1. The van der Waals surface area contributed by atoms with Gasteiger partial charge in [0.05, 0.1) is 51.1 Å². The number of aryl methyl sites for hydroxylation is 1. The summed E-state index contributed by atoms with van der Waals surface area (Å²) in [5.41, 5.74) is 10.3. The highest BCUT2D eigenvalue weighted by Gasteiger charge is 2.19. The topological polar surface area (TPSA) is 288 Å². The summed E-state index contributed by atoms with van der Waals surface area (Å²) in [7, 11) is -1.71. The molecule has 0 saturated carbocycles. The first-order valence-electron chi connectivity index (χ1n) is 21.2. The predicted octanol–water partition coefficient (Wildman–Crippen LogP) is 12.3. The molecular weight excluding hydrogens is 921 g/mol. The van der Waals surface area contributed by atoms with Crippen LogP contribution in [0, 0.1) is 6.92 Å². The summed E-state index contributed by atoms with van der Waals surface area (Å²) in [6.07, 6.45) is 2.59. The van der Waals surface area contributed by atoms with Crippen LogP contribution in [-0.2, 0) is 28.1 Å². The zero-order chi connectivity index (χ0) is 50.0. The molecule has 7 aromatic carbocycles. The van der Waals surface area contributed by atoms with Crippen LogP contribution < -0.4 is 24.5 Å². The number of azo groups is 4. The SMILES string of the molecule is CCCOc1cc(N=Nc2cc(OC)c(N=Nc3cc(OC)c(N=Nc4ccc5cc([N+](=C=O)c6ccc(N)cc6)ccc5c4O)cc3CO)cc2CO)c(C)cc1N=Nc1ccccc1S(=O)(=O)O. The quantitative estimate of drug-likeness (QED) is 0.0134. The Kier molecular flexibility index (Phi) is 15.5. The molecule has 0 bridgehead atoms. The van der Waals surface area contributed by atoms with Crippen LogP contribution in [0.4, 0.5) is 62.6 Å². The molecule has 20 nitrogen and oxygen atoms in total. The Bertz CT molecular complexity index is 3390. The molecule has 356 valence electrons. The van der Waals surface area contributed by atoms with E-state index >= 15 is 0 Å². The number of nitrogens with zero attached hydrogens (tertiary/aromatic N) is 9. The molecule has 0 spiro atoms. The number of nitrogen functional groups attached to an aromatic ring is 1. The number of rotatable bonds is 18. The van der Waals surface area contributed by atoms with Crippen molar-refractivity contribution in [1.29, 1.82) is 0 Å². The number of anilines is 1. The fraction of sp³-hybridized carbons (Fsp3) is 0.163. The third kappa shape index (κ3) is 11.2. The summed E-state index contributed by atoms with van der Waals surface area (Å²) in [5, 5.41) is 67.6. The van der Waals surface area contributed by atoms with Crippen molar-refractivity contribution in [3.05, 3.63) is 132 Å². The number of phenolic OH excluding ortho intramolecular Hbond substituents is 1. The standard InChI is InChI=1S/C49H44N10O10S/c1-5-18-69-47-23-39(29(2)19-42(47)56-51-37-8-6-7-9-48(37)70(64,65)66)53-54-40-24-46(68-4)44(22-31(40)26-60)58-55-41-25-45(67-3)43(21-32(41)27-61)57-52-38-17-10-30-20-35(15-16-36(30)49(38)63)59(28-62)34-13-11-33(50)12-14-34/h6-17,19-25,60-61H,5,18,26-27,50H2,1-4H3,(H-,51,53,57,58,63,64,65,66)/p+1. The zero-order valence-electron chi connectivity index (χ0n) is 38.0. The van der Waals surface area contributed by atoms with Gasteiger partial charge in [-0.05, 0) is 78.9 Å². The van der Waals surface area contributed by atoms with E-state index in [1.807, 2.05) is 13.0 Å². The van der Waals surface area contributed by atoms with Crippen molar-refractivity contribution in [2.75, 3.05) is 26.6 Å². The molecule has 21 heteroatoms. The van der Waals surface area contributed by atoms with Gasteiger partial charge in [-0.25, -0.2) is 0 Å². The number of isocyanates is 1. The van der Waals surface area contributed by atoms with Gasteiger partial charge in [-0.1, -0.05) is 29.7 Å². The van der Waals surface area contributed by atoms with Crippen LogP contribution in [0.25, 0.3) is 10.8 Å². The van der Waals surface area contributed by atoms with Gasteiger partial charge in [0.25, 0.3) is 10.1 Å². The Labute approximate surface area is 400 Å². The van der Waals surface area contributed by atoms with Gasteiger partial charge in [0.1, 0.15) is 50.6 Å². The van der Waals surface area contributed by atoms with E-state index in [0.29, 0.717) is 69.0 Å². The number of carbonyl (C=O) groups excluding carboxylic acids is 1. The fourth-order valence-electron chi connectivity index (χ4n) is 6.88. The molecule has 70 heavy (non-hydrogen) atoms. The minimum absolute atomic E-state index is 0.0649. The first kappa shape index (κ1) is 49.3. The molecule has 0 saturated heterocycles. The van der Waals surface area contributed by atoms with Gasteiger partial charge < -0.3 is 35.3 Å². The van der Waals surface area contributed by atoms with Crippen LogP contribution in [0.3, 0.4) is 0 Å². The molecule has 7 rings (SSSR count). The largest absolute Gasteiger partial charge is 0.505 e. The highest BCUT2D eigenvalue weighted by molar-refractivity contribution is 7.86. The van der Waals surface area contributed by atoms with Crippen molar-refractivity contribution in [2.24, 2.45) is 40.9 Å². The molecule has 0 fully saturated rings. The summed E-state index contributed by atoms with van der Waals surface area (Å²) in [5.74, 6) is 0.594. The summed E-state index contributed by atoms with van der Waals surface area (Å²) < 4.78 is 51.9. The molecule has 7 aromatic rings. The summed E-state index contributed by atoms with van der Waals surface area (Å²) in [6.45, 7) is 3.08. The molecule has 0 aliphatic carbocycles. The highest BCUT2D eigenvalue weighted by atomic mass is 32.2. The minimum atomic E-state index is -4.56. The van der Waals surface area contributed by atoms with Crippen molar-refractivity contribution in [3.63, 3.8) is 0 Å². The van der Waals surface area contributed by atoms with E-state index in [2.05, 4.69) is 40.9 Å². The summed E-state index contributed by atoms with van der Waals surface area (Å²) >= 11 is 0. The molecule has 0 radical (unpaired) electrons. The molecule has 0 aliphatic rings. The summed E-state index contributed by atoms with van der Waals surface area (Å²) in [6, 6.07) is 30.0. The minimum Gasteiger partial charge on any atom is -0.505 e. The van der Waals surface area contributed by atoms with E-state index in [0.717, 1.165) is 0 Å². The Morgan fingerprint density at radius 1 is 0.614 bits per heavy atom. The van der Waals surface area contributed by atoms with Crippen LogP contribution >= 0.6 is 0 Å². The van der Waals surface area contributed by atoms with Gasteiger partial charge in [-0.3, -0.25) is 4.55 Å². The van der Waals surface area contributed by atoms with Crippen molar-refractivity contribution in [2.45, 2.75) is 38.4 Å². The molecule has 0 atom stereocenters. The average Bonchev–Trinajstić information content (AvgIpc) is 3.36. The molecule has 0 unspecified atom stereocenters. The number of aliphatic hydroxyl groups excluding tert-OH is 2. The van der Waals surface area contributed by atoms with Crippen molar-refractivity contribution >= 4 is 89.5 Å². The number of benzene rings is 7. The van der Waals surface area contributed by atoms with Crippen LogP contribution in [0.1, 0.15) is 30.0 Å². The number of fused-ring (bicyclic) bond motifs is 1. The molecule has 0 heterocycles. The number of hydrogen-bond donors (Lipinski definition) is 5. The monoisotopic (exact) mass is 965 g/mol. The first-order valence-corrected chi connectivity index (χ1v) is 22.7. The number of aliphatic hydroxyl groups is 2. The second-order valence-corrected chi connectivity index (χ2v) is 16.6. The van der Waals surface area contributed by atoms with Crippen LogP contribution in [0.15, 0.2) is 161 Å². The van der Waals surface area contributed by atoms with E-state index in [4.69, 9.17) is 19.9 Å². The van der Waals surface area contributed by atoms with Gasteiger partial charge in [-0.15, -0.1) is 30.7 Å². The van der Waals surface area contributed by atoms with Crippen LogP contribution in [0.2, 0.25) is 0 Å². The lowest BCUT2D eigenvalue weighted by Gasteiger charge is -2.11. The third-order valence-corrected chi connectivity index (χ3v) is 11.4. The second kappa shape index (κ2) is 22.0. The number of phenols is 1. The Hall–Kier alpha value is -8.59. The first-order chi connectivity index (χ1) is 33.8. The Morgan fingerprint density at radius 3 is 1.71 bits per heavy atom. The third-order valence-electron chi connectivity index (χ3n) is 10.5. The Balaban J connectivity index is 1.13. The van der Waals surface area contributed by atoms with Crippen LogP contribution in [0.5, 0.6) is 23.0 Å². The number of methoxy groups -OCH3 is 2. The van der Waals surface area contributed by atoms with E-state index < -0.39 is 28.2 Å². The summed E-state index contributed by atoms with van der Waals surface area (Å²) in [4.78, 5) is 11.5. The van der Waals surface area contributed by atoms with E-state index in [1.165, 1.54) is 61.3 Å². The van der Waals surface area contributed by atoms with Crippen molar-refractivity contribution in [1.82, 2.24) is 4.58 Å². The van der Waals surface area contributed by atoms with Gasteiger partial charge in [0, 0.05) is 64.7 Å². The van der Waals surface area contributed by atoms with Crippen molar-refractivity contribution < 1.29 is 47.3 Å². The lowest BCUT2D eigenvalue weighted by molar-refractivity contribution is 0.282. The van der Waals surface area contributed by atoms with Gasteiger partial charge in [0.2, 0.25) is 11.4 Å². The molecular formula is C49H45N10O10S+. The predicted molar refractivity (Wildman–Crippen MR) is 261 cm³/mol. The molecule has 0 amide bonds. The maximum atomic E-state index is 11.9. The van der Waals surface area contributed by atoms with E-state index in [9.17, 15) is 33.1 Å². The average molecular weight is 966 g/mol. The maximum Gasteiger partial charge on any atom is 0.437 e. The fourth-order valence-corrected chi connectivity index (χ4v) is 7.50. The van der Waals surface area contributed by atoms with Gasteiger partial charge >= 0.3 is 6.08 Å². The lowest BCUT2D eigenvalue weighted by atomic mass is 10.1. The highest BCUT2D eigenvalue weighted by Crippen LogP contribution is 2.43. The van der Waals surface area contributed by atoms with E-state index in [-0.39, 0.29) is 57.1 Å². The molecule has 0 aromatic heterocycles. The van der Waals surface area contributed by atoms with Crippen molar-refractivity contribution in [3.8, 4) is 23.0 Å². The Morgan fingerprint density at radius 2 is 1.14 bits per heavy atom. The maximum absolute atomic E-state index is 11.9. The smallest absolute Gasteiger partial charge is 0.437 e. The number of hydrogen-bond acceptors (Lipinski definition) is 18. The second-order valence-electron chi connectivity index (χ2n) is 15.2. The zero-order valence-corrected chi connectivity index (χ0v) is 38.9. The van der Waals surface area contributed by atoms with Gasteiger partial charge in [0.15, 0.2) is 5.75 Å². The normalized spacial score (nSPS) is 11.9. The lowest BCUT2D eigenvalue weighted by Crippen LogP contribution is -2.01. The van der Waals surface area contributed by atoms with E-state index in [1.54, 1.807) is 79.7 Å². The molecule has 6 N–H and O–H groups in total. The molecule has 0 aliphatic heterocycles.